The molecule has 0 aliphatic carbocycles. The first-order valence-electron chi connectivity index (χ1n) is 4.96. The van der Waals surface area contributed by atoms with Crippen molar-refractivity contribution in [3.05, 3.63) is 34.3 Å². The minimum absolute atomic E-state index is 0.107. The highest BCUT2D eigenvalue weighted by molar-refractivity contribution is 9.10. The second-order valence-electron chi connectivity index (χ2n) is 3.11. The van der Waals surface area contributed by atoms with Gasteiger partial charge in [0, 0.05) is 22.7 Å². The summed E-state index contributed by atoms with van der Waals surface area (Å²) in [5.74, 6) is 0.633. The first-order chi connectivity index (χ1) is 7.67. The highest BCUT2D eigenvalue weighted by atomic mass is 79.9. The predicted octanol–water partition coefficient (Wildman–Crippen LogP) is 2.61. The number of rotatable bonds is 4. The number of amides is 1. The lowest BCUT2D eigenvalue weighted by Crippen LogP contribution is -2.19. The molecule has 1 rings (SSSR count). The third kappa shape index (κ3) is 3.70. The summed E-state index contributed by atoms with van der Waals surface area (Å²) in [6.45, 7) is 2.50. The van der Waals surface area contributed by atoms with Crippen molar-refractivity contribution in [2.24, 2.45) is 0 Å². The first-order valence-corrected chi connectivity index (χ1v) is 5.76. The second-order valence-corrected chi connectivity index (χ2v) is 4.03. The Morgan fingerprint density at radius 1 is 1.56 bits per heavy atom. The molecular weight excluding hydrogens is 270 g/mol. The normalized spacial score (nSPS) is 10.4. The zero-order valence-electron chi connectivity index (χ0n) is 9.29. The molecule has 0 unspecified atom stereocenters. The van der Waals surface area contributed by atoms with Gasteiger partial charge in [0.1, 0.15) is 5.75 Å². The molecule has 1 aromatic carbocycles. The second kappa shape index (κ2) is 6.33. The van der Waals surface area contributed by atoms with Crippen LogP contribution in [0, 0.1) is 0 Å². The van der Waals surface area contributed by atoms with Crippen LogP contribution in [0.5, 0.6) is 5.75 Å². The summed E-state index contributed by atoms with van der Waals surface area (Å²) < 4.78 is 6.14. The van der Waals surface area contributed by atoms with Crippen LogP contribution in [0.15, 0.2) is 28.7 Å². The Morgan fingerprint density at radius 2 is 2.31 bits per heavy atom. The lowest BCUT2D eigenvalue weighted by molar-refractivity contribution is -0.116. The fourth-order valence-corrected chi connectivity index (χ4v) is 1.61. The zero-order chi connectivity index (χ0) is 12.0. The average Bonchev–Trinajstić information content (AvgIpc) is 2.27. The van der Waals surface area contributed by atoms with Crippen LogP contribution in [0.3, 0.4) is 0 Å². The van der Waals surface area contributed by atoms with Gasteiger partial charge in [-0.3, -0.25) is 4.79 Å². The molecular formula is C12H14BrNO2. The lowest BCUT2D eigenvalue weighted by Gasteiger charge is -2.04. The van der Waals surface area contributed by atoms with E-state index in [2.05, 4.69) is 21.2 Å². The number of likely N-dealkylation sites (N-methyl/N-ethyl adjacent to an activating group) is 1. The highest BCUT2D eigenvalue weighted by Gasteiger charge is 2.00. The summed E-state index contributed by atoms with van der Waals surface area (Å²) in [6, 6.07) is 5.64. The van der Waals surface area contributed by atoms with Crippen LogP contribution in [0.2, 0.25) is 0 Å². The van der Waals surface area contributed by atoms with Crippen LogP contribution in [0.1, 0.15) is 12.5 Å². The number of carbonyl (C=O) groups is 1. The lowest BCUT2D eigenvalue weighted by atomic mass is 10.2. The molecule has 0 saturated heterocycles. The Kier molecular flexibility index (Phi) is 5.05. The predicted molar refractivity (Wildman–Crippen MR) is 68.4 cm³/mol. The Hall–Kier alpha value is -1.29. The maximum absolute atomic E-state index is 11.3. The minimum Gasteiger partial charge on any atom is -0.496 e. The summed E-state index contributed by atoms with van der Waals surface area (Å²) in [4.78, 5) is 11.3. The van der Waals surface area contributed by atoms with E-state index in [-0.39, 0.29) is 5.91 Å². The van der Waals surface area contributed by atoms with Gasteiger partial charge in [-0.05, 0) is 31.2 Å². The molecule has 0 aliphatic heterocycles. The molecule has 16 heavy (non-hydrogen) atoms. The van der Waals surface area contributed by atoms with E-state index in [0.29, 0.717) is 6.54 Å². The van der Waals surface area contributed by atoms with Gasteiger partial charge < -0.3 is 10.1 Å². The number of ether oxygens (including phenoxy) is 1. The van der Waals surface area contributed by atoms with Crippen molar-refractivity contribution in [1.82, 2.24) is 5.32 Å². The number of benzene rings is 1. The molecule has 4 heteroatoms. The molecule has 0 saturated carbocycles. The number of carbonyl (C=O) groups excluding carboxylic acids is 1. The molecule has 1 amide bonds. The summed E-state index contributed by atoms with van der Waals surface area (Å²) in [7, 11) is 1.60. The Morgan fingerprint density at radius 3 is 2.94 bits per heavy atom. The van der Waals surface area contributed by atoms with Gasteiger partial charge in [0.05, 0.1) is 7.11 Å². The Balaban J connectivity index is 2.86. The Bertz CT molecular complexity index is 402. The standard InChI is InChI=1S/C12H14BrNO2/c1-3-14-12(15)7-4-9-8-10(13)5-6-11(9)16-2/h4-8H,3H2,1-2H3,(H,14,15)/b7-4-. The third-order valence-corrected chi connectivity index (χ3v) is 2.45. The van der Waals surface area contributed by atoms with Gasteiger partial charge in [-0.1, -0.05) is 15.9 Å². The van der Waals surface area contributed by atoms with Crippen molar-refractivity contribution in [2.45, 2.75) is 6.92 Å². The van der Waals surface area contributed by atoms with E-state index in [1.54, 1.807) is 13.2 Å². The van der Waals surface area contributed by atoms with E-state index in [9.17, 15) is 4.79 Å². The summed E-state index contributed by atoms with van der Waals surface area (Å²) >= 11 is 3.37. The van der Waals surface area contributed by atoms with Gasteiger partial charge in [0.25, 0.3) is 0 Å². The van der Waals surface area contributed by atoms with E-state index in [1.807, 2.05) is 25.1 Å². The number of methoxy groups -OCH3 is 1. The monoisotopic (exact) mass is 283 g/mol. The third-order valence-electron chi connectivity index (χ3n) is 1.96. The molecule has 0 heterocycles. The van der Waals surface area contributed by atoms with E-state index >= 15 is 0 Å². The number of hydrogen-bond acceptors (Lipinski definition) is 2. The van der Waals surface area contributed by atoms with Gasteiger partial charge in [-0.25, -0.2) is 0 Å². The maximum Gasteiger partial charge on any atom is 0.243 e. The number of hydrogen-bond donors (Lipinski definition) is 1. The SMILES string of the molecule is CCNC(=O)/C=C\c1cc(Br)ccc1OC. The summed E-state index contributed by atoms with van der Waals surface area (Å²) in [5, 5.41) is 2.69. The molecule has 0 aliphatic rings. The smallest absolute Gasteiger partial charge is 0.243 e. The van der Waals surface area contributed by atoms with Gasteiger partial charge in [0.15, 0.2) is 0 Å². The molecule has 1 aromatic rings. The van der Waals surface area contributed by atoms with E-state index in [1.165, 1.54) is 6.08 Å². The van der Waals surface area contributed by atoms with E-state index in [0.717, 1.165) is 15.8 Å². The Labute approximate surface area is 104 Å². The number of halogens is 1. The average molecular weight is 284 g/mol. The molecule has 0 spiro atoms. The van der Waals surface area contributed by atoms with Gasteiger partial charge in [0.2, 0.25) is 5.91 Å². The van der Waals surface area contributed by atoms with Crippen LogP contribution >= 0.6 is 15.9 Å². The molecule has 86 valence electrons. The summed E-state index contributed by atoms with van der Waals surface area (Å²) in [5.41, 5.74) is 0.864. The van der Waals surface area contributed by atoms with Crippen molar-refractivity contribution in [2.75, 3.05) is 13.7 Å². The van der Waals surface area contributed by atoms with Crippen LogP contribution in [0.4, 0.5) is 0 Å². The van der Waals surface area contributed by atoms with Crippen molar-refractivity contribution in [3.8, 4) is 5.75 Å². The van der Waals surface area contributed by atoms with Crippen LogP contribution in [-0.4, -0.2) is 19.6 Å². The molecule has 0 radical (unpaired) electrons. The van der Waals surface area contributed by atoms with E-state index in [4.69, 9.17) is 4.74 Å². The first kappa shape index (κ1) is 12.8. The van der Waals surface area contributed by atoms with Gasteiger partial charge in [-0.15, -0.1) is 0 Å². The molecule has 0 aromatic heterocycles. The fourth-order valence-electron chi connectivity index (χ4n) is 1.23. The van der Waals surface area contributed by atoms with Crippen molar-refractivity contribution in [1.29, 1.82) is 0 Å². The minimum atomic E-state index is -0.107. The molecule has 0 atom stereocenters. The quantitative estimate of drug-likeness (QED) is 0.863. The van der Waals surface area contributed by atoms with Crippen molar-refractivity contribution in [3.63, 3.8) is 0 Å². The van der Waals surface area contributed by atoms with Crippen LogP contribution < -0.4 is 10.1 Å². The number of nitrogens with one attached hydrogen (secondary N) is 1. The molecule has 0 bridgehead atoms. The maximum atomic E-state index is 11.3. The van der Waals surface area contributed by atoms with Crippen molar-refractivity contribution >= 4 is 27.9 Å². The molecule has 1 N–H and O–H groups in total. The van der Waals surface area contributed by atoms with Crippen LogP contribution in [0.25, 0.3) is 6.08 Å². The zero-order valence-corrected chi connectivity index (χ0v) is 10.9. The van der Waals surface area contributed by atoms with Crippen molar-refractivity contribution < 1.29 is 9.53 Å². The molecule has 3 nitrogen and oxygen atoms in total. The molecule has 0 fully saturated rings. The van der Waals surface area contributed by atoms with Gasteiger partial charge in [-0.2, -0.15) is 0 Å². The van der Waals surface area contributed by atoms with E-state index < -0.39 is 0 Å². The topological polar surface area (TPSA) is 38.3 Å². The summed E-state index contributed by atoms with van der Waals surface area (Å²) in [6.07, 6.45) is 3.22. The largest absolute Gasteiger partial charge is 0.496 e. The fraction of sp³-hybridized carbons (Fsp3) is 0.250. The van der Waals surface area contributed by atoms with Gasteiger partial charge >= 0.3 is 0 Å². The van der Waals surface area contributed by atoms with Crippen LogP contribution in [-0.2, 0) is 4.79 Å². The highest BCUT2D eigenvalue weighted by Crippen LogP contribution is 2.23.